The molecule has 216 valence electrons. The van der Waals surface area contributed by atoms with Crippen LogP contribution in [0.1, 0.15) is 46.1 Å². The fraction of sp³-hybridized carbons (Fsp3) is 0.364. The van der Waals surface area contributed by atoms with E-state index in [0.717, 1.165) is 35.4 Å². The summed E-state index contributed by atoms with van der Waals surface area (Å²) >= 11 is 0. The van der Waals surface area contributed by atoms with Gasteiger partial charge in [-0.3, -0.25) is 9.59 Å². The third kappa shape index (κ3) is 8.58. The lowest BCUT2D eigenvalue weighted by Crippen LogP contribution is -2.31. The highest BCUT2D eigenvalue weighted by Gasteiger charge is 2.28. The summed E-state index contributed by atoms with van der Waals surface area (Å²) in [4.78, 5) is 42.4. The van der Waals surface area contributed by atoms with Gasteiger partial charge in [0.2, 0.25) is 0 Å². The number of hydroxylamine groups is 1. The fourth-order valence-electron chi connectivity index (χ4n) is 5.08. The van der Waals surface area contributed by atoms with Crippen LogP contribution in [0.4, 0.5) is 11.4 Å². The number of carbonyl (C=O) groups is 3. The van der Waals surface area contributed by atoms with E-state index in [9.17, 15) is 14.4 Å². The number of rotatable bonds is 10. The van der Waals surface area contributed by atoms with Crippen molar-refractivity contribution in [3.05, 3.63) is 89.5 Å². The number of carbonyl (C=O) groups excluding carboxylic acids is 3. The van der Waals surface area contributed by atoms with E-state index < -0.39 is 0 Å². The molecule has 1 aliphatic carbocycles. The number of benzene rings is 2. The predicted octanol–water partition coefficient (Wildman–Crippen LogP) is 5.65. The van der Waals surface area contributed by atoms with Crippen LogP contribution in [0.5, 0.6) is 0 Å². The van der Waals surface area contributed by atoms with Gasteiger partial charge in [-0.05, 0) is 65.3 Å². The van der Waals surface area contributed by atoms with Gasteiger partial charge in [0.05, 0.1) is 30.9 Å². The summed E-state index contributed by atoms with van der Waals surface area (Å²) < 4.78 is 10.3. The fourth-order valence-corrected chi connectivity index (χ4v) is 5.08. The van der Waals surface area contributed by atoms with Crippen molar-refractivity contribution in [1.82, 2.24) is 0 Å². The molecule has 0 aromatic heterocycles. The molecule has 41 heavy (non-hydrogen) atoms. The standard InChI is InChI=1S/C33H38N2O6/c1-24(36)39-18-16-34(17-19-40-25(2)37)30-14-12-27(13-15-30)29-20-26(21-33(3,4)22-29)10-11-28-23-35(41-32(28)38)31-8-6-5-7-9-31/h5-15,20H,16-19,21-23H2,1-4H3/b26-10+,28-11-. The Morgan fingerprint density at radius 3 is 2.17 bits per heavy atom. The first-order chi connectivity index (χ1) is 19.6. The third-order valence-electron chi connectivity index (χ3n) is 6.96. The molecule has 0 saturated carbocycles. The van der Waals surface area contributed by atoms with Gasteiger partial charge >= 0.3 is 17.9 Å². The van der Waals surface area contributed by atoms with Gasteiger partial charge < -0.3 is 19.2 Å². The van der Waals surface area contributed by atoms with Crippen molar-refractivity contribution in [3.8, 4) is 0 Å². The molecule has 0 bridgehead atoms. The molecule has 1 heterocycles. The van der Waals surface area contributed by atoms with E-state index in [4.69, 9.17) is 14.3 Å². The molecule has 0 unspecified atom stereocenters. The van der Waals surface area contributed by atoms with E-state index in [1.807, 2.05) is 59.5 Å². The molecule has 0 atom stereocenters. The smallest absolute Gasteiger partial charge is 0.361 e. The number of hydrogen-bond donors (Lipinski definition) is 0. The van der Waals surface area contributed by atoms with Crippen LogP contribution in [0, 0.1) is 5.41 Å². The van der Waals surface area contributed by atoms with Crippen molar-refractivity contribution in [2.24, 2.45) is 5.41 Å². The number of para-hydroxylation sites is 1. The Bertz CT molecular complexity index is 1320. The second-order valence-electron chi connectivity index (χ2n) is 11.1. The first-order valence-electron chi connectivity index (χ1n) is 13.9. The van der Waals surface area contributed by atoms with Crippen molar-refractivity contribution in [2.45, 2.75) is 40.5 Å². The molecular formula is C33H38N2O6. The van der Waals surface area contributed by atoms with Crippen molar-refractivity contribution in [2.75, 3.05) is 42.8 Å². The Morgan fingerprint density at radius 1 is 0.927 bits per heavy atom. The topological polar surface area (TPSA) is 85.4 Å². The maximum absolute atomic E-state index is 12.5. The maximum atomic E-state index is 12.5. The molecule has 0 amide bonds. The normalized spacial score (nSPS) is 18.2. The molecule has 1 aliphatic heterocycles. The summed E-state index contributed by atoms with van der Waals surface area (Å²) in [5.74, 6) is -0.984. The molecule has 0 N–H and O–H groups in total. The zero-order valence-electron chi connectivity index (χ0n) is 24.2. The molecular weight excluding hydrogens is 520 g/mol. The van der Waals surface area contributed by atoms with Gasteiger partial charge in [-0.15, -0.1) is 0 Å². The number of ether oxygens (including phenoxy) is 2. The summed E-state index contributed by atoms with van der Waals surface area (Å²) in [7, 11) is 0. The summed E-state index contributed by atoms with van der Waals surface area (Å²) in [6.45, 7) is 9.14. The van der Waals surface area contributed by atoms with E-state index >= 15 is 0 Å². The molecule has 0 radical (unpaired) electrons. The van der Waals surface area contributed by atoms with Crippen LogP contribution in [-0.2, 0) is 28.7 Å². The van der Waals surface area contributed by atoms with Crippen LogP contribution < -0.4 is 9.96 Å². The van der Waals surface area contributed by atoms with Gasteiger partial charge in [-0.2, -0.15) is 0 Å². The minimum Gasteiger partial charge on any atom is -0.464 e. The number of anilines is 2. The highest BCUT2D eigenvalue weighted by molar-refractivity contribution is 5.93. The van der Waals surface area contributed by atoms with Crippen LogP contribution in [-0.4, -0.2) is 50.8 Å². The Kier molecular flexibility index (Phi) is 9.65. The second-order valence-corrected chi connectivity index (χ2v) is 11.1. The third-order valence-corrected chi connectivity index (χ3v) is 6.96. The number of hydrogen-bond acceptors (Lipinski definition) is 8. The summed E-state index contributed by atoms with van der Waals surface area (Å²) in [6, 6.07) is 17.9. The number of nitrogens with zero attached hydrogens (tertiary/aromatic N) is 2. The molecule has 2 aliphatic rings. The lowest BCUT2D eigenvalue weighted by Gasteiger charge is -2.32. The number of esters is 2. The van der Waals surface area contributed by atoms with Gasteiger partial charge in [-0.25, -0.2) is 9.86 Å². The summed E-state index contributed by atoms with van der Waals surface area (Å²) in [5, 5.41) is 1.61. The van der Waals surface area contributed by atoms with Crippen LogP contribution in [0.3, 0.4) is 0 Å². The van der Waals surface area contributed by atoms with Crippen molar-refractivity contribution < 1.29 is 28.7 Å². The molecule has 4 rings (SSSR count). The van der Waals surface area contributed by atoms with Gasteiger partial charge in [0.25, 0.3) is 0 Å². The first kappa shape index (κ1) is 29.6. The average molecular weight is 559 g/mol. The van der Waals surface area contributed by atoms with Crippen molar-refractivity contribution in [1.29, 1.82) is 0 Å². The molecule has 2 aromatic carbocycles. The van der Waals surface area contributed by atoms with E-state index in [-0.39, 0.29) is 36.5 Å². The van der Waals surface area contributed by atoms with Crippen LogP contribution in [0.2, 0.25) is 0 Å². The van der Waals surface area contributed by atoms with E-state index in [1.165, 1.54) is 19.4 Å². The van der Waals surface area contributed by atoms with E-state index in [2.05, 4.69) is 32.1 Å². The minimum atomic E-state index is -0.329. The maximum Gasteiger partial charge on any atom is 0.361 e. The van der Waals surface area contributed by atoms with Gasteiger partial charge in [-0.1, -0.05) is 56.3 Å². The number of allylic oxidation sites excluding steroid dienone is 5. The Hall–Kier alpha value is -4.33. The summed E-state index contributed by atoms with van der Waals surface area (Å²) in [6.07, 6.45) is 7.95. The molecule has 2 aromatic rings. The van der Waals surface area contributed by atoms with Crippen molar-refractivity contribution in [3.63, 3.8) is 0 Å². The monoisotopic (exact) mass is 558 g/mol. The highest BCUT2D eigenvalue weighted by Crippen LogP contribution is 2.42. The molecule has 8 nitrogen and oxygen atoms in total. The van der Waals surface area contributed by atoms with Gasteiger partial charge in [0.1, 0.15) is 13.2 Å². The van der Waals surface area contributed by atoms with Crippen LogP contribution >= 0.6 is 0 Å². The van der Waals surface area contributed by atoms with E-state index in [0.29, 0.717) is 25.2 Å². The average Bonchev–Trinajstić information content (AvgIpc) is 3.31. The second kappa shape index (κ2) is 13.4. The Morgan fingerprint density at radius 2 is 1.56 bits per heavy atom. The lowest BCUT2D eigenvalue weighted by molar-refractivity contribution is -0.141. The first-order valence-corrected chi connectivity index (χ1v) is 13.9. The molecule has 1 fully saturated rings. The highest BCUT2D eigenvalue weighted by atomic mass is 16.7. The predicted molar refractivity (Wildman–Crippen MR) is 159 cm³/mol. The lowest BCUT2D eigenvalue weighted by atomic mass is 9.73. The Labute approximate surface area is 241 Å². The SMILES string of the molecule is CC(=O)OCCN(CCOC(C)=O)c1ccc(C2=C/C(=C\C=C3\CN(c4ccccc4)OC3=O)CC(C)(C)C2)cc1. The minimum absolute atomic E-state index is 0.0550. The van der Waals surface area contributed by atoms with Crippen LogP contribution in [0.15, 0.2) is 84.0 Å². The van der Waals surface area contributed by atoms with Gasteiger partial charge in [0, 0.05) is 19.5 Å². The Balaban J connectivity index is 1.50. The zero-order valence-corrected chi connectivity index (χ0v) is 24.2. The van der Waals surface area contributed by atoms with Crippen LogP contribution in [0.25, 0.3) is 5.57 Å². The quantitative estimate of drug-likeness (QED) is 0.273. The van der Waals surface area contributed by atoms with Gasteiger partial charge in [0.15, 0.2) is 0 Å². The molecule has 0 spiro atoms. The largest absolute Gasteiger partial charge is 0.464 e. The van der Waals surface area contributed by atoms with E-state index in [1.54, 1.807) is 5.06 Å². The molecule has 1 saturated heterocycles. The summed E-state index contributed by atoms with van der Waals surface area (Å²) in [5.41, 5.74) is 5.97. The van der Waals surface area contributed by atoms with Crippen molar-refractivity contribution >= 4 is 34.9 Å². The zero-order chi connectivity index (χ0) is 29.4. The molecule has 8 heteroatoms.